The highest BCUT2D eigenvalue weighted by atomic mass is 79.9. The number of phenols is 2. The molecule has 10 heterocycles. The van der Waals surface area contributed by atoms with Gasteiger partial charge in [0.2, 0.25) is 21.7 Å². The number of aromatic hydroxyl groups is 2. The van der Waals surface area contributed by atoms with Crippen LogP contribution >= 0.6 is 15.9 Å². The van der Waals surface area contributed by atoms with Gasteiger partial charge in [0.25, 0.3) is 11.8 Å². The van der Waals surface area contributed by atoms with Crippen LogP contribution in [0.25, 0.3) is 77.5 Å². The van der Waals surface area contributed by atoms with Crippen LogP contribution in [0.2, 0.25) is 0 Å². The summed E-state index contributed by atoms with van der Waals surface area (Å²) in [7, 11) is 0. The van der Waals surface area contributed by atoms with Gasteiger partial charge in [-0.1, -0.05) is 163 Å². The molecule has 8 aromatic rings. The average Bonchev–Trinajstić information content (AvgIpc) is 1.48. The molecular formula is C102H129BrN8O21. The first kappa shape index (κ1) is 98.6. The fourth-order valence-electron chi connectivity index (χ4n) is 19.4. The molecular weight excluding hydrogens is 1750 g/mol. The van der Waals surface area contributed by atoms with Crippen molar-refractivity contribution in [2.24, 2.45) is 82.9 Å². The van der Waals surface area contributed by atoms with Crippen molar-refractivity contribution in [3.8, 4) is 23.0 Å². The maximum atomic E-state index is 14.9. The molecule has 0 aliphatic carbocycles. The van der Waals surface area contributed by atoms with Crippen molar-refractivity contribution in [3.05, 3.63) is 159 Å². The molecule has 10 bridgehead atoms. The molecule has 30 heteroatoms. The molecule has 18 atom stereocenters. The van der Waals surface area contributed by atoms with Gasteiger partial charge in [0.05, 0.1) is 52.0 Å². The first-order valence-electron chi connectivity index (χ1n) is 46.1. The summed E-state index contributed by atoms with van der Waals surface area (Å²) in [4.78, 5) is 117. The Balaban J connectivity index is 0.000000225. The van der Waals surface area contributed by atoms with Crippen LogP contribution in [-0.2, 0) is 28.6 Å². The van der Waals surface area contributed by atoms with E-state index in [0.717, 1.165) is 39.3 Å². The Morgan fingerprint density at radius 2 is 0.864 bits per heavy atom. The zero-order valence-corrected chi connectivity index (χ0v) is 81.2. The third-order valence-corrected chi connectivity index (χ3v) is 29.3. The van der Waals surface area contributed by atoms with Gasteiger partial charge in [-0.15, -0.1) is 0 Å². The van der Waals surface area contributed by atoms with E-state index in [1.54, 1.807) is 62.4 Å². The molecule has 29 nitrogen and oxygen atoms in total. The van der Waals surface area contributed by atoms with Crippen molar-refractivity contribution in [2.45, 2.75) is 188 Å². The lowest BCUT2D eigenvalue weighted by Crippen LogP contribution is -2.47. The number of hydrogen-bond acceptors (Lipinski definition) is 27. The van der Waals surface area contributed by atoms with Crippen molar-refractivity contribution in [1.29, 1.82) is 0 Å². The van der Waals surface area contributed by atoms with Gasteiger partial charge in [-0.25, -0.2) is 9.97 Å². The molecule has 0 spiro atoms. The summed E-state index contributed by atoms with van der Waals surface area (Å²) in [5.74, 6) is -8.54. The molecule has 8 aliphatic rings. The molecule has 0 unspecified atom stereocenters. The number of phenolic OH excluding ortho intramolecular Hbond substituents is 2. The summed E-state index contributed by atoms with van der Waals surface area (Å²) < 4.78 is 44.0. The lowest BCUT2D eigenvalue weighted by Gasteiger charge is -2.38. The first-order chi connectivity index (χ1) is 62.2. The van der Waals surface area contributed by atoms with Crippen LogP contribution in [0, 0.1) is 96.7 Å². The highest BCUT2D eigenvalue weighted by molar-refractivity contribution is 9.09. The van der Waals surface area contributed by atoms with E-state index in [1.807, 2.05) is 67.5 Å². The number of aliphatic hydroxyl groups excluding tert-OH is 5. The Hall–Kier alpha value is -10.9. The second-order valence-corrected chi connectivity index (χ2v) is 39.5. The SMILES string of the molecule is C/C1=C/C=C/[C@H](C)[C@H](O)[C@@H](C)[C@@H](O)[C@@H](C)[C@H](C)[C@H](C)[C@@H](C)/C=C/O[C@@]2(C)Oc3c(C)c(O)c4c(=O)c(c5oc6cc(N7CCN(CC(C)C)CC7)cc(=O)c6nc5c4c3=C2O)NC1=O.C/C1=C/C=C/[C@H](C)[C@H](OC(=O)CBr)[C@@H](C)[C@@H](O)[C@@H](C)[C@H](C)[C@H](C)[C@@H](C)/C=C/O[C@@]2(C)Oc3c(C)c(O)c4c(=O)c(c5oc6cc(N7CCN(CC(C)C)CC7)cc(=O)c6nc5c4c3=C2O)NC1=O. The van der Waals surface area contributed by atoms with Gasteiger partial charge in [0.1, 0.15) is 56.8 Å². The van der Waals surface area contributed by atoms with E-state index in [1.165, 1.54) is 52.4 Å². The lowest BCUT2D eigenvalue weighted by molar-refractivity contribution is -0.154. The number of alkyl halides is 1. The average molecular weight is 1880 g/mol. The van der Waals surface area contributed by atoms with E-state index < -0.39 is 116 Å². The van der Waals surface area contributed by atoms with E-state index in [-0.39, 0.29) is 180 Å². The summed E-state index contributed by atoms with van der Waals surface area (Å²) in [6.07, 6.45) is 13.2. The predicted octanol–water partition coefficient (Wildman–Crippen LogP) is 14.3. The number of benzene rings is 6. The van der Waals surface area contributed by atoms with Crippen molar-refractivity contribution in [1.82, 2.24) is 19.8 Å². The van der Waals surface area contributed by atoms with E-state index in [2.05, 4.69) is 102 Å². The summed E-state index contributed by atoms with van der Waals surface area (Å²) in [5, 5.41) is 87.4. The van der Waals surface area contributed by atoms with Gasteiger partial charge < -0.3 is 88.7 Å². The minimum Gasteiger partial charge on any atom is -0.507 e. The molecule has 0 saturated carbocycles. The number of carbonyl (C=O) groups is 3. The highest BCUT2D eigenvalue weighted by Crippen LogP contribution is 2.47. The number of nitrogens with one attached hydrogen (secondary N) is 2. The normalized spacial score (nSPS) is 30.1. The van der Waals surface area contributed by atoms with E-state index in [0.29, 0.717) is 49.4 Å². The number of rotatable bonds is 8. The molecule has 2 amide bonds. The summed E-state index contributed by atoms with van der Waals surface area (Å²) in [6, 6.07) is 6.41. The Morgan fingerprint density at radius 1 is 0.485 bits per heavy atom. The smallest absolute Gasteiger partial charge is 0.316 e. The molecule has 2 saturated heterocycles. The van der Waals surface area contributed by atoms with Crippen LogP contribution in [0.15, 0.2) is 125 Å². The summed E-state index contributed by atoms with van der Waals surface area (Å²) >= 11 is 3.19. The first-order valence-corrected chi connectivity index (χ1v) is 47.2. The Labute approximate surface area is 776 Å². The van der Waals surface area contributed by atoms with Crippen LogP contribution in [0.4, 0.5) is 22.7 Å². The number of nitrogens with zero attached hydrogens (tertiary/aromatic N) is 6. The number of fused-ring (bicyclic) bond motifs is 28. The highest BCUT2D eigenvalue weighted by Gasteiger charge is 2.47. The standard InChI is InChI=1S/C52H65BrN4O11.C50H64N4O10/c1-25(2)24-56-16-18-57(19-17-56)34-21-35(58)41-36(22-34)66-49-42(54-41)38-39-45(61)33(10)48-40(38)50(63)52(11,68-48)65-20-15-26(3)29(6)30(7)31(8)44(60)32(9)47(67-37(59)23-53)27(4)13-12-14-28(5)51(64)55-43(49)46(39)62;1-24(2)23-53-16-18-54(19-17-53)33-21-34(55)39-35(22-33)63-47-40(51-39)36-37-44(58)32(10)46-38(36)48(60)50(11,64-46)62-20-15-25(3)28(6)29(7)30(8)43(57)31(9)42(56)26(4)13-12-14-27(5)49(61)52-41(47)45(37)59/h12-15,20-22,25-27,29-32,44,47,60-61,63H,16-19,23-24H2,1-11H3,(H,55,64);12-15,20-22,24-26,28-31,42-43,56-58,60H,16-19,23H2,1-11H3,(H,52,61)/b13-12+,20-15+,28-14-;13-12+,20-15+,27-14-/t26-,27-,29+,30+,31-,32-,44-,47-,52-;25-,26-,28+,29+,30-,31+,42-,43-,50-/m00/s1. The molecule has 2 aromatic heterocycles. The number of anilines is 4. The van der Waals surface area contributed by atoms with Gasteiger partial charge in [0, 0.05) is 172 Å². The minimum absolute atomic E-state index is 0.00782. The number of aromatic nitrogens is 2. The molecule has 6 aromatic carbocycles. The summed E-state index contributed by atoms with van der Waals surface area (Å²) in [5.41, 5.74) is -1.91. The van der Waals surface area contributed by atoms with Gasteiger partial charge >= 0.3 is 17.5 Å². The number of aliphatic hydroxyl groups is 5. The number of hydrogen-bond donors (Lipinski definition) is 9. The van der Waals surface area contributed by atoms with Crippen LogP contribution in [0.5, 0.6) is 23.0 Å². The topological polar surface area (TPSA) is 396 Å². The number of halogens is 1. The van der Waals surface area contributed by atoms with Crippen LogP contribution < -0.4 is 62.1 Å². The molecule has 8 aliphatic heterocycles. The number of piperazine rings is 2. The molecule has 16 rings (SSSR count). The third-order valence-electron chi connectivity index (χ3n) is 28.8. The largest absolute Gasteiger partial charge is 0.507 e. The van der Waals surface area contributed by atoms with Crippen LogP contribution in [0.1, 0.15) is 150 Å². The summed E-state index contributed by atoms with van der Waals surface area (Å²) in [6.45, 7) is 49.5. The quantitative estimate of drug-likeness (QED) is 0.0295. The van der Waals surface area contributed by atoms with Crippen LogP contribution in [0.3, 0.4) is 0 Å². The van der Waals surface area contributed by atoms with Crippen molar-refractivity contribution >= 4 is 134 Å². The number of allylic oxidation sites excluding steroid dienone is 6. The Morgan fingerprint density at radius 3 is 1.24 bits per heavy atom. The van der Waals surface area contributed by atoms with Gasteiger partial charge in [-0.2, -0.15) is 0 Å². The zero-order valence-electron chi connectivity index (χ0n) is 79.7. The Kier molecular flexibility index (Phi) is 29.4. The number of esters is 1. The van der Waals surface area contributed by atoms with Crippen molar-refractivity contribution in [2.75, 3.05) is 91.2 Å². The molecule has 9 N–H and O–H groups in total. The van der Waals surface area contributed by atoms with Crippen molar-refractivity contribution < 1.29 is 82.6 Å². The number of carbonyl (C=O) groups excluding carboxylic acids is 3. The van der Waals surface area contributed by atoms with E-state index in [9.17, 15) is 69.3 Å². The second-order valence-electron chi connectivity index (χ2n) is 38.9. The lowest BCUT2D eigenvalue weighted by atomic mass is 9.72. The van der Waals surface area contributed by atoms with E-state index in [4.69, 9.17) is 42.5 Å². The fraction of sp³-hybridized carbons (Fsp3) is 0.520. The maximum absolute atomic E-state index is 14.9. The minimum atomic E-state index is -1.85. The fourth-order valence-corrected chi connectivity index (χ4v) is 19.6. The van der Waals surface area contributed by atoms with Gasteiger partial charge in [-0.05, 0) is 99.0 Å². The Bertz CT molecular complexity index is 6420. The third kappa shape index (κ3) is 19.1. The monoisotopic (exact) mass is 1880 g/mol. The van der Waals surface area contributed by atoms with Gasteiger partial charge in [-0.3, -0.25) is 43.4 Å². The van der Waals surface area contributed by atoms with Crippen LogP contribution in [-0.4, -0.2) is 180 Å². The molecule has 710 valence electrons. The molecule has 132 heavy (non-hydrogen) atoms. The van der Waals surface area contributed by atoms with E-state index >= 15 is 0 Å². The predicted molar refractivity (Wildman–Crippen MR) is 519 cm³/mol. The number of amides is 2. The zero-order chi connectivity index (χ0) is 96.4. The molecule has 0 radical (unpaired) electrons. The molecule has 2 fully saturated rings. The maximum Gasteiger partial charge on any atom is 0.316 e. The van der Waals surface area contributed by atoms with Gasteiger partial charge in [0.15, 0.2) is 44.9 Å². The van der Waals surface area contributed by atoms with Crippen molar-refractivity contribution in [3.63, 3.8) is 0 Å². The number of ether oxygens (including phenoxy) is 5. The second kappa shape index (κ2) is 39.3.